The largest absolute Gasteiger partial charge is 0.491 e. The predicted octanol–water partition coefficient (Wildman–Crippen LogP) is 5.41. The third-order valence-corrected chi connectivity index (χ3v) is 9.41. The molecule has 1 aliphatic heterocycles. The van der Waals surface area contributed by atoms with Crippen LogP contribution in [0.25, 0.3) is 21.5 Å². The van der Waals surface area contributed by atoms with Gasteiger partial charge in [0.2, 0.25) is 0 Å². The maximum Gasteiger partial charge on any atom is 0.172 e. The van der Waals surface area contributed by atoms with Crippen molar-refractivity contribution in [3.05, 3.63) is 109 Å². The van der Waals surface area contributed by atoms with E-state index in [0.717, 1.165) is 49.8 Å². The van der Waals surface area contributed by atoms with Crippen LogP contribution in [0.3, 0.4) is 0 Å². The molecule has 5 aromatic rings. The van der Waals surface area contributed by atoms with Gasteiger partial charge in [-0.3, -0.25) is 0 Å². The molecule has 0 amide bonds. The average Bonchev–Trinajstić information content (AvgIpc) is 3.71. The summed E-state index contributed by atoms with van der Waals surface area (Å²) >= 11 is 0. The van der Waals surface area contributed by atoms with Crippen LogP contribution in [0.15, 0.2) is 109 Å². The van der Waals surface area contributed by atoms with Crippen molar-refractivity contribution >= 4 is 44.6 Å². The van der Waals surface area contributed by atoms with Crippen LogP contribution < -0.4 is 20.7 Å². The predicted molar refractivity (Wildman–Crippen MR) is 136 cm³/mol. The van der Waals surface area contributed by atoms with Gasteiger partial charge < -0.3 is 14.0 Å². The fourth-order valence-electron chi connectivity index (χ4n) is 4.48. The van der Waals surface area contributed by atoms with E-state index >= 15 is 4.57 Å². The van der Waals surface area contributed by atoms with Gasteiger partial charge >= 0.3 is 0 Å². The highest BCUT2D eigenvalue weighted by atomic mass is 31.2. The van der Waals surface area contributed by atoms with Crippen molar-refractivity contribution in [3.63, 3.8) is 0 Å². The molecule has 0 bridgehead atoms. The topological polar surface area (TPSA) is 38.8 Å². The average molecular weight is 450 g/mol. The Balaban J connectivity index is 1.58. The zero-order valence-corrected chi connectivity index (χ0v) is 19.0. The van der Waals surface area contributed by atoms with Crippen LogP contribution >= 0.6 is 7.14 Å². The van der Waals surface area contributed by atoms with Gasteiger partial charge in [-0.2, -0.15) is 0 Å². The summed E-state index contributed by atoms with van der Waals surface area (Å²) in [4.78, 5) is 0. The summed E-state index contributed by atoms with van der Waals surface area (Å²) in [6.45, 7) is 1.30. The van der Waals surface area contributed by atoms with Crippen molar-refractivity contribution in [2.75, 3.05) is 13.2 Å². The smallest absolute Gasteiger partial charge is 0.172 e. The summed E-state index contributed by atoms with van der Waals surface area (Å²) in [6, 6.07) is 36.2. The number of epoxide rings is 1. The van der Waals surface area contributed by atoms with Crippen molar-refractivity contribution in [1.29, 1.82) is 0 Å². The van der Waals surface area contributed by atoms with Gasteiger partial charge in [-0.1, -0.05) is 84.9 Å². The van der Waals surface area contributed by atoms with E-state index in [1.165, 1.54) is 0 Å². The lowest BCUT2D eigenvalue weighted by Gasteiger charge is -2.23. The molecule has 0 aromatic heterocycles. The molecule has 1 fully saturated rings. The van der Waals surface area contributed by atoms with Crippen LogP contribution in [-0.2, 0) is 9.30 Å². The number of hydrogen-bond acceptors (Lipinski definition) is 3. The van der Waals surface area contributed by atoms with E-state index in [-0.39, 0.29) is 6.10 Å². The van der Waals surface area contributed by atoms with E-state index in [1.54, 1.807) is 0 Å². The minimum Gasteiger partial charge on any atom is -0.491 e. The molecule has 4 heteroatoms. The molecule has 5 aromatic carbocycles. The van der Waals surface area contributed by atoms with Crippen LogP contribution in [-0.4, -0.2) is 19.3 Å². The molecule has 1 saturated heterocycles. The highest BCUT2D eigenvalue weighted by Crippen LogP contribution is 2.46. The Labute approximate surface area is 193 Å². The maximum atomic E-state index is 15.4. The SMILES string of the molecule is O=P(c1ccc(OCC2CO2)cc1)(c1cccc2ccccc12)c1cccc2ccccc12. The van der Waals surface area contributed by atoms with E-state index in [2.05, 4.69) is 36.4 Å². The molecule has 1 atom stereocenters. The van der Waals surface area contributed by atoms with E-state index in [4.69, 9.17) is 9.47 Å². The normalized spacial score (nSPS) is 15.6. The summed E-state index contributed by atoms with van der Waals surface area (Å²) < 4.78 is 26.4. The lowest BCUT2D eigenvalue weighted by Crippen LogP contribution is -2.26. The molecule has 0 spiro atoms. The Morgan fingerprint density at radius 2 is 1.21 bits per heavy atom. The lowest BCUT2D eigenvalue weighted by atomic mass is 10.1. The third-order valence-electron chi connectivity index (χ3n) is 6.25. The monoisotopic (exact) mass is 450 g/mol. The fraction of sp³-hybridized carbons (Fsp3) is 0.103. The summed E-state index contributed by atoms with van der Waals surface area (Å²) in [6.07, 6.45) is 0.196. The van der Waals surface area contributed by atoms with Gasteiger partial charge in [0.1, 0.15) is 18.5 Å². The van der Waals surface area contributed by atoms with E-state index in [1.807, 2.05) is 72.8 Å². The second-order valence-electron chi connectivity index (χ2n) is 8.37. The van der Waals surface area contributed by atoms with Gasteiger partial charge in [0.25, 0.3) is 0 Å². The number of rotatable bonds is 6. The number of ether oxygens (including phenoxy) is 2. The summed E-state index contributed by atoms with van der Waals surface area (Å²) in [5.74, 6) is 0.761. The van der Waals surface area contributed by atoms with Crippen LogP contribution in [0.1, 0.15) is 0 Å². The van der Waals surface area contributed by atoms with Crippen molar-refractivity contribution in [2.24, 2.45) is 0 Å². The second-order valence-corrected chi connectivity index (χ2v) is 11.1. The Hall–Kier alpha value is -3.39. The number of hydrogen-bond donors (Lipinski definition) is 0. The van der Waals surface area contributed by atoms with Gasteiger partial charge in [-0.25, -0.2) is 0 Å². The van der Waals surface area contributed by atoms with Gasteiger partial charge in [0.15, 0.2) is 7.14 Å². The van der Waals surface area contributed by atoms with Crippen LogP contribution in [0.2, 0.25) is 0 Å². The van der Waals surface area contributed by atoms with E-state index in [9.17, 15) is 0 Å². The molecule has 3 nitrogen and oxygen atoms in total. The van der Waals surface area contributed by atoms with Crippen molar-refractivity contribution < 1.29 is 14.0 Å². The first-order chi connectivity index (χ1) is 16.2. The second kappa shape index (κ2) is 8.19. The Morgan fingerprint density at radius 3 is 1.76 bits per heavy atom. The lowest BCUT2D eigenvalue weighted by molar-refractivity contribution is 0.263. The number of fused-ring (bicyclic) bond motifs is 2. The molecule has 0 saturated carbocycles. The molecule has 0 aliphatic carbocycles. The van der Waals surface area contributed by atoms with Crippen LogP contribution in [0.5, 0.6) is 5.75 Å². The molecule has 1 heterocycles. The van der Waals surface area contributed by atoms with E-state index in [0.29, 0.717) is 6.61 Å². The first-order valence-electron chi connectivity index (χ1n) is 11.2. The quantitative estimate of drug-likeness (QED) is 0.257. The van der Waals surface area contributed by atoms with Crippen molar-refractivity contribution in [3.8, 4) is 5.75 Å². The molecular formula is C29H23O3P. The maximum absolute atomic E-state index is 15.4. The first-order valence-corrected chi connectivity index (χ1v) is 12.9. The standard InChI is InChI=1S/C29H23O3P/c30-33(28-13-5-9-21-7-1-3-11-26(21)28,29-14-6-10-22-8-2-4-12-27(22)29)25-17-15-23(16-18-25)31-19-24-20-32-24/h1-18,24H,19-20H2. The van der Waals surface area contributed by atoms with E-state index < -0.39 is 7.14 Å². The third kappa shape index (κ3) is 3.64. The molecule has 1 aliphatic rings. The highest BCUT2D eigenvalue weighted by Gasteiger charge is 2.33. The molecule has 0 radical (unpaired) electrons. The van der Waals surface area contributed by atoms with Crippen molar-refractivity contribution in [1.82, 2.24) is 0 Å². The van der Waals surface area contributed by atoms with Gasteiger partial charge in [0, 0.05) is 15.9 Å². The van der Waals surface area contributed by atoms with Gasteiger partial charge in [-0.15, -0.1) is 0 Å². The van der Waals surface area contributed by atoms with Gasteiger partial charge in [0.05, 0.1) is 6.61 Å². The summed E-state index contributed by atoms with van der Waals surface area (Å²) in [7, 11) is -3.19. The molecular weight excluding hydrogens is 427 g/mol. The zero-order valence-electron chi connectivity index (χ0n) is 18.1. The molecule has 33 heavy (non-hydrogen) atoms. The summed E-state index contributed by atoms with van der Waals surface area (Å²) in [5.41, 5.74) is 0. The zero-order chi connectivity index (χ0) is 22.3. The molecule has 0 N–H and O–H groups in total. The minimum atomic E-state index is -3.19. The van der Waals surface area contributed by atoms with Gasteiger partial charge in [-0.05, 0) is 45.8 Å². The number of benzene rings is 5. The first kappa shape index (κ1) is 20.2. The Kier molecular flexibility index (Phi) is 5.02. The molecule has 6 rings (SSSR count). The van der Waals surface area contributed by atoms with Crippen LogP contribution in [0.4, 0.5) is 0 Å². The molecule has 162 valence electrons. The Bertz CT molecular complexity index is 1410. The van der Waals surface area contributed by atoms with Crippen molar-refractivity contribution in [2.45, 2.75) is 6.10 Å². The molecule has 1 unspecified atom stereocenters. The minimum absolute atomic E-state index is 0.196. The van der Waals surface area contributed by atoms with Crippen LogP contribution in [0, 0.1) is 0 Å². The highest BCUT2D eigenvalue weighted by molar-refractivity contribution is 7.86. The summed E-state index contributed by atoms with van der Waals surface area (Å²) in [5, 5.41) is 6.71. The fourth-order valence-corrected chi connectivity index (χ4v) is 7.54. The Morgan fingerprint density at radius 1 is 0.697 bits per heavy atom.